The van der Waals surface area contributed by atoms with Gasteiger partial charge >= 0.3 is 5.97 Å². The van der Waals surface area contributed by atoms with Gasteiger partial charge in [0.25, 0.3) is 15.9 Å². The number of rotatable bonds is 7. The molecule has 0 aliphatic heterocycles. The van der Waals surface area contributed by atoms with Gasteiger partial charge in [-0.15, -0.1) is 10.2 Å². The summed E-state index contributed by atoms with van der Waals surface area (Å²) < 4.78 is 52.5. The zero-order valence-electron chi connectivity index (χ0n) is 19.2. The highest BCUT2D eigenvalue weighted by Gasteiger charge is 2.21. The number of halogens is 1. The highest BCUT2D eigenvalue weighted by Crippen LogP contribution is 2.24. The van der Waals surface area contributed by atoms with Gasteiger partial charge in [-0.1, -0.05) is 29.8 Å². The molecule has 0 aliphatic rings. The third-order valence-corrected chi connectivity index (χ3v) is 6.55. The number of nitrogens with zero attached hydrogens (tertiary/aromatic N) is 2. The van der Waals surface area contributed by atoms with Gasteiger partial charge in [0.2, 0.25) is 5.89 Å². The molecule has 3 aromatic carbocycles. The number of hydrogen-bond acceptors (Lipinski definition) is 7. The summed E-state index contributed by atoms with van der Waals surface area (Å²) in [6.45, 7) is 5.09. The Labute approximate surface area is 201 Å². The summed E-state index contributed by atoms with van der Waals surface area (Å²) in [5.41, 5.74) is 2.38. The predicted molar refractivity (Wildman–Crippen MR) is 127 cm³/mol. The molecule has 0 saturated carbocycles. The van der Waals surface area contributed by atoms with Crippen LogP contribution in [0.4, 0.5) is 10.1 Å². The quantitative estimate of drug-likeness (QED) is 0.350. The molecule has 0 aliphatic carbocycles. The van der Waals surface area contributed by atoms with Gasteiger partial charge in [0.1, 0.15) is 5.82 Å². The molecule has 0 bridgehead atoms. The summed E-state index contributed by atoms with van der Waals surface area (Å²) in [5, 5.41) is 7.96. The van der Waals surface area contributed by atoms with Crippen LogP contribution in [0.15, 0.2) is 76.0 Å². The van der Waals surface area contributed by atoms with E-state index in [0.717, 1.165) is 17.2 Å². The van der Waals surface area contributed by atoms with E-state index >= 15 is 0 Å². The second kappa shape index (κ2) is 9.67. The van der Waals surface area contributed by atoms with E-state index in [4.69, 9.17) is 9.15 Å². The van der Waals surface area contributed by atoms with Crippen LogP contribution in [0.5, 0.6) is 0 Å². The normalized spacial score (nSPS) is 12.2. The molecule has 0 amide bonds. The third kappa shape index (κ3) is 5.55. The lowest BCUT2D eigenvalue weighted by molar-refractivity contribution is 0.0280. The number of hydrogen-bond donors (Lipinski definition) is 1. The number of carbonyl (C=O) groups is 1. The average Bonchev–Trinajstić information content (AvgIpc) is 3.31. The number of aryl methyl sites for hydroxylation is 2. The second-order valence-corrected chi connectivity index (χ2v) is 9.64. The van der Waals surface area contributed by atoms with E-state index < -0.39 is 27.9 Å². The molecule has 8 nitrogen and oxygen atoms in total. The van der Waals surface area contributed by atoms with Gasteiger partial charge in [-0.25, -0.2) is 17.6 Å². The van der Waals surface area contributed by atoms with E-state index in [9.17, 15) is 17.6 Å². The molecule has 4 rings (SSSR count). The van der Waals surface area contributed by atoms with Crippen LogP contribution in [0.2, 0.25) is 0 Å². The summed E-state index contributed by atoms with van der Waals surface area (Å²) >= 11 is 0. The smallest absolute Gasteiger partial charge is 0.338 e. The van der Waals surface area contributed by atoms with Crippen molar-refractivity contribution in [3.05, 3.63) is 95.1 Å². The Morgan fingerprint density at radius 2 is 1.77 bits per heavy atom. The fourth-order valence-electron chi connectivity index (χ4n) is 3.16. The van der Waals surface area contributed by atoms with Crippen LogP contribution in [-0.2, 0) is 14.8 Å². The van der Waals surface area contributed by atoms with Crippen LogP contribution in [0.1, 0.15) is 40.4 Å². The fraction of sp³-hybridized carbons (Fsp3) is 0.160. The third-order valence-electron chi connectivity index (χ3n) is 5.17. The maximum atomic E-state index is 13.8. The van der Waals surface area contributed by atoms with E-state index in [1.165, 1.54) is 43.3 Å². The Hall–Kier alpha value is -4.05. The average molecular weight is 496 g/mol. The first-order valence-corrected chi connectivity index (χ1v) is 12.1. The predicted octanol–water partition coefficient (Wildman–Crippen LogP) is 5.21. The minimum Gasteiger partial charge on any atom is -0.449 e. The van der Waals surface area contributed by atoms with E-state index in [1.807, 2.05) is 31.2 Å². The van der Waals surface area contributed by atoms with Crippen molar-refractivity contribution in [2.75, 3.05) is 4.72 Å². The van der Waals surface area contributed by atoms with Crippen LogP contribution in [0.3, 0.4) is 0 Å². The molecule has 1 heterocycles. The van der Waals surface area contributed by atoms with Crippen LogP contribution >= 0.6 is 0 Å². The molecule has 1 N–H and O–H groups in total. The Morgan fingerprint density at radius 3 is 2.49 bits per heavy atom. The molecule has 0 spiro atoms. The first-order chi connectivity index (χ1) is 16.6. The number of aromatic nitrogens is 2. The van der Waals surface area contributed by atoms with Gasteiger partial charge < -0.3 is 9.15 Å². The first-order valence-electron chi connectivity index (χ1n) is 10.6. The van der Waals surface area contributed by atoms with E-state index in [0.29, 0.717) is 11.5 Å². The van der Waals surface area contributed by atoms with E-state index in [2.05, 4.69) is 14.9 Å². The summed E-state index contributed by atoms with van der Waals surface area (Å²) in [5.74, 6) is -0.931. The molecule has 10 heteroatoms. The molecule has 1 aromatic heterocycles. The minimum absolute atomic E-state index is 0.102. The van der Waals surface area contributed by atoms with Gasteiger partial charge in [-0.3, -0.25) is 4.72 Å². The van der Waals surface area contributed by atoms with Crippen molar-refractivity contribution >= 4 is 21.7 Å². The van der Waals surface area contributed by atoms with E-state index in [-0.39, 0.29) is 22.0 Å². The summed E-state index contributed by atoms with van der Waals surface area (Å²) in [6, 6.07) is 16.9. The van der Waals surface area contributed by atoms with Gasteiger partial charge in [0.15, 0.2) is 6.10 Å². The monoisotopic (exact) mass is 495 g/mol. The zero-order valence-corrected chi connectivity index (χ0v) is 20.0. The largest absolute Gasteiger partial charge is 0.449 e. The van der Waals surface area contributed by atoms with E-state index in [1.54, 1.807) is 6.92 Å². The molecule has 35 heavy (non-hydrogen) atoms. The summed E-state index contributed by atoms with van der Waals surface area (Å²) in [4.78, 5) is 12.4. The number of anilines is 1. The molecule has 180 valence electrons. The van der Waals surface area contributed by atoms with Crippen molar-refractivity contribution in [1.29, 1.82) is 0 Å². The van der Waals surface area contributed by atoms with Crippen LogP contribution in [0, 0.1) is 19.7 Å². The van der Waals surface area contributed by atoms with Crippen LogP contribution < -0.4 is 4.72 Å². The number of esters is 1. The number of benzene rings is 3. The Morgan fingerprint density at radius 1 is 1.03 bits per heavy atom. The molecule has 1 unspecified atom stereocenters. The summed E-state index contributed by atoms with van der Waals surface area (Å²) in [7, 11) is -4.06. The van der Waals surface area contributed by atoms with Crippen molar-refractivity contribution in [3.8, 4) is 11.5 Å². The molecule has 0 fully saturated rings. The lowest BCUT2D eigenvalue weighted by Gasteiger charge is -2.12. The molecule has 1 atom stereocenters. The Kier molecular flexibility index (Phi) is 6.65. The standard InChI is InChI=1S/C25H22FN3O5S/c1-15-7-10-18(11-8-15)24-28-27-23(34-24)17(3)33-25(30)19-5-4-6-20(13-19)29-35(31,32)21-12-9-16(2)22(26)14-21/h4-14,17,29H,1-3H3. The lowest BCUT2D eigenvalue weighted by atomic mass is 10.1. The SMILES string of the molecule is Cc1ccc(-c2nnc(C(C)OC(=O)c3cccc(NS(=O)(=O)c4ccc(C)c(F)c4)c3)o2)cc1. The van der Waals surface area contributed by atoms with Crippen molar-refractivity contribution in [3.63, 3.8) is 0 Å². The van der Waals surface area contributed by atoms with Gasteiger partial charge in [0.05, 0.1) is 10.5 Å². The maximum Gasteiger partial charge on any atom is 0.338 e. The van der Waals surface area contributed by atoms with Gasteiger partial charge in [-0.2, -0.15) is 0 Å². The van der Waals surface area contributed by atoms with Crippen molar-refractivity contribution in [1.82, 2.24) is 10.2 Å². The molecule has 0 radical (unpaired) electrons. The van der Waals surface area contributed by atoms with Crippen molar-refractivity contribution in [2.24, 2.45) is 0 Å². The first kappa shape index (κ1) is 24.1. The number of sulfonamides is 1. The van der Waals surface area contributed by atoms with Crippen LogP contribution in [-0.4, -0.2) is 24.6 Å². The second-order valence-electron chi connectivity index (χ2n) is 7.96. The Balaban J connectivity index is 1.46. The maximum absolute atomic E-state index is 13.8. The van der Waals surface area contributed by atoms with Crippen molar-refractivity contribution in [2.45, 2.75) is 31.8 Å². The number of nitrogens with one attached hydrogen (secondary N) is 1. The summed E-state index contributed by atoms with van der Waals surface area (Å²) in [6.07, 6.45) is -0.843. The molecular formula is C25H22FN3O5S. The fourth-order valence-corrected chi connectivity index (χ4v) is 4.22. The van der Waals surface area contributed by atoms with Crippen LogP contribution in [0.25, 0.3) is 11.5 Å². The van der Waals surface area contributed by atoms with Gasteiger partial charge in [-0.05, 0) is 68.8 Å². The van der Waals surface area contributed by atoms with Crippen molar-refractivity contribution < 1.29 is 26.8 Å². The topological polar surface area (TPSA) is 111 Å². The highest BCUT2D eigenvalue weighted by molar-refractivity contribution is 7.92. The Bertz CT molecular complexity index is 1480. The van der Waals surface area contributed by atoms with Gasteiger partial charge in [0, 0.05) is 11.3 Å². The minimum atomic E-state index is -4.06. The highest BCUT2D eigenvalue weighted by atomic mass is 32.2. The number of carbonyl (C=O) groups excluding carboxylic acids is 1. The zero-order chi connectivity index (χ0) is 25.2. The lowest BCUT2D eigenvalue weighted by Crippen LogP contribution is -2.14. The number of ether oxygens (including phenoxy) is 1. The molecule has 4 aromatic rings. The molecule has 0 saturated heterocycles. The molecular weight excluding hydrogens is 473 g/mol.